The normalized spacial score (nSPS) is 14.3. The van der Waals surface area contributed by atoms with Gasteiger partial charge in [0.25, 0.3) is 0 Å². The minimum Gasteiger partial charge on any atom is -0.466 e. The van der Waals surface area contributed by atoms with E-state index in [1.165, 1.54) is 14.2 Å². The van der Waals surface area contributed by atoms with Crippen molar-refractivity contribution in [2.45, 2.75) is 0 Å². The summed E-state index contributed by atoms with van der Waals surface area (Å²) in [6.07, 6.45) is 0. The van der Waals surface area contributed by atoms with Gasteiger partial charge in [-0.3, -0.25) is 0 Å². The molecule has 0 saturated heterocycles. The molecule has 1 N–H and O–H groups in total. The average molecular weight is 350 g/mol. The van der Waals surface area contributed by atoms with E-state index in [1.807, 2.05) is 24.3 Å². The van der Waals surface area contributed by atoms with Crippen molar-refractivity contribution < 1.29 is 28.5 Å². The van der Waals surface area contributed by atoms with Crippen molar-refractivity contribution in [2.24, 2.45) is 0 Å². The predicted molar refractivity (Wildman–Crippen MR) is 91.2 cm³/mol. The van der Waals surface area contributed by atoms with Crippen molar-refractivity contribution in [1.29, 1.82) is 0 Å². The van der Waals surface area contributed by atoms with Crippen molar-refractivity contribution in [1.82, 2.24) is 0 Å². The summed E-state index contributed by atoms with van der Waals surface area (Å²) in [5, 5.41) is 3.23. The van der Waals surface area contributed by atoms with Crippen molar-refractivity contribution >= 4 is 23.3 Å². The van der Waals surface area contributed by atoms with Gasteiger partial charge in [-0.15, -0.1) is 0 Å². The van der Waals surface area contributed by atoms with E-state index < -0.39 is 11.9 Å². The molecule has 0 spiro atoms. The Labute approximate surface area is 146 Å². The number of ether oxygens (including phenoxy) is 4. The van der Waals surface area contributed by atoms with E-state index >= 15 is 0 Å². The Kier molecular flexibility index (Phi) is 6.79. The predicted octanol–water partition coefficient (Wildman–Crippen LogP) is 1.14. The molecular weight excluding hydrogens is 328 g/mol. The molecule has 1 heterocycles. The molecule has 1 aromatic carbocycles. The van der Waals surface area contributed by atoms with Crippen LogP contribution in [0.2, 0.25) is 0 Å². The molecule has 1 aromatic rings. The molecule has 0 atom stereocenters. The van der Waals surface area contributed by atoms with Gasteiger partial charge in [0.15, 0.2) is 0 Å². The van der Waals surface area contributed by atoms with E-state index in [0.717, 1.165) is 5.69 Å². The van der Waals surface area contributed by atoms with Gasteiger partial charge in [-0.1, -0.05) is 12.1 Å². The monoisotopic (exact) mass is 350 g/mol. The maximum Gasteiger partial charge on any atom is 0.355 e. The minimum atomic E-state index is -0.630. The Balaban J connectivity index is 2.45. The van der Waals surface area contributed by atoms with Crippen LogP contribution in [-0.4, -0.2) is 59.8 Å². The van der Waals surface area contributed by atoms with Crippen LogP contribution >= 0.6 is 0 Å². The summed E-state index contributed by atoms with van der Waals surface area (Å²) in [7, 11) is 4.14. The topological polar surface area (TPSA) is 86.3 Å². The van der Waals surface area contributed by atoms with Crippen LogP contribution in [0.25, 0.3) is 0 Å². The first-order valence-corrected chi connectivity index (χ1v) is 7.71. The molecule has 1 aliphatic rings. The number of nitrogens with zero attached hydrogens (tertiary/aromatic N) is 1. The number of carbonyl (C=O) groups excluding carboxylic acids is 2. The maximum atomic E-state index is 12.3. The highest BCUT2D eigenvalue weighted by Gasteiger charge is 2.33. The van der Waals surface area contributed by atoms with Gasteiger partial charge in [0.05, 0.1) is 44.4 Å². The zero-order valence-corrected chi connectivity index (χ0v) is 14.5. The first-order valence-electron chi connectivity index (χ1n) is 7.71. The largest absolute Gasteiger partial charge is 0.466 e. The molecule has 0 aromatic heterocycles. The fourth-order valence-corrected chi connectivity index (χ4v) is 2.48. The summed E-state index contributed by atoms with van der Waals surface area (Å²) in [5.74, 6) is -1.26. The lowest BCUT2D eigenvalue weighted by Gasteiger charge is -2.32. The summed E-state index contributed by atoms with van der Waals surface area (Å²) in [4.78, 5) is 26.0. The van der Waals surface area contributed by atoms with Crippen molar-refractivity contribution in [3.63, 3.8) is 0 Å². The smallest absolute Gasteiger partial charge is 0.355 e. The summed E-state index contributed by atoms with van der Waals surface area (Å²) >= 11 is 0. The van der Waals surface area contributed by atoms with E-state index in [4.69, 9.17) is 18.9 Å². The molecule has 1 aliphatic heterocycles. The molecule has 136 valence electrons. The maximum absolute atomic E-state index is 12.3. The van der Waals surface area contributed by atoms with Crippen LogP contribution in [0.15, 0.2) is 35.5 Å². The number of esters is 2. The quantitative estimate of drug-likeness (QED) is 0.579. The molecule has 8 nitrogen and oxygen atoms in total. The van der Waals surface area contributed by atoms with E-state index in [9.17, 15) is 9.59 Å². The van der Waals surface area contributed by atoms with Crippen molar-refractivity contribution in [3.05, 3.63) is 35.5 Å². The zero-order chi connectivity index (χ0) is 18.2. The van der Waals surface area contributed by atoms with Crippen LogP contribution in [0.4, 0.5) is 11.4 Å². The number of hydrogen-bond acceptors (Lipinski definition) is 8. The Hall–Kier alpha value is -2.58. The number of nitrogens with one attached hydrogen (secondary N) is 1. The van der Waals surface area contributed by atoms with Gasteiger partial charge < -0.3 is 29.2 Å². The summed E-state index contributed by atoms with van der Waals surface area (Å²) in [5.41, 5.74) is 1.68. The number of benzene rings is 1. The third kappa shape index (κ3) is 4.28. The second kappa shape index (κ2) is 9.05. The third-order valence-electron chi connectivity index (χ3n) is 3.65. The molecule has 0 bridgehead atoms. The van der Waals surface area contributed by atoms with Gasteiger partial charge in [0.2, 0.25) is 0 Å². The SMILES string of the molecule is COCCNc1ccccc1N1COCC(C(=O)OC)=C1C(=O)OC. The Morgan fingerprint density at radius 3 is 2.56 bits per heavy atom. The molecule has 0 unspecified atom stereocenters. The fourth-order valence-electron chi connectivity index (χ4n) is 2.48. The highest BCUT2D eigenvalue weighted by atomic mass is 16.5. The number of carbonyl (C=O) groups is 2. The van der Waals surface area contributed by atoms with Gasteiger partial charge in [0.1, 0.15) is 12.4 Å². The lowest BCUT2D eigenvalue weighted by atomic mass is 10.1. The van der Waals surface area contributed by atoms with Gasteiger partial charge in [-0.25, -0.2) is 9.59 Å². The van der Waals surface area contributed by atoms with E-state index in [1.54, 1.807) is 12.0 Å². The molecule has 0 saturated carbocycles. The molecular formula is C17H22N2O6. The molecule has 0 aliphatic carbocycles. The first kappa shape index (κ1) is 18.8. The second-order valence-electron chi connectivity index (χ2n) is 5.15. The van der Waals surface area contributed by atoms with E-state index in [-0.39, 0.29) is 24.6 Å². The lowest BCUT2D eigenvalue weighted by Crippen LogP contribution is -2.39. The number of rotatable bonds is 7. The first-order chi connectivity index (χ1) is 12.1. The van der Waals surface area contributed by atoms with Crippen LogP contribution in [-0.2, 0) is 28.5 Å². The van der Waals surface area contributed by atoms with Crippen LogP contribution in [0.1, 0.15) is 0 Å². The standard InChI is InChI=1S/C17H22N2O6/c1-22-9-8-18-13-6-4-5-7-14(13)19-11-25-10-12(16(20)23-2)15(19)17(21)24-3/h4-7,18H,8-11H2,1-3H3. The van der Waals surface area contributed by atoms with Gasteiger partial charge in [-0.2, -0.15) is 0 Å². The Morgan fingerprint density at radius 1 is 1.16 bits per heavy atom. The minimum absolute atomic E-state index is 0.0210. The molecule has 8 heteroatoms. The van der Waals surface area contributed by atoms with E-state index in [2.05, 4.69) is 5.32 Å². The number of hydrogen-bond donors (Lipinski definition) is 1. The van der Waals surface area contributed by atoms with Crippen LogP contribution in [0.3, 0.4) is 0 Å². The van der Waals surface area contributed by atoms with Crippen molar-refractivity contribution in [2.75, 3.05) is 58.0 Å². The number of methoxy groups -OCH3 is 3. The number of para-hydroxylation sites is 2. The summed E-state index contributed by atoms with van der Waals surface area (Å²) in [6.45, 7) is 1.20. The second-order valence-corrected chi connectivity index (χ2v) is 5.15. The fraction of sp³-hybridized carbons (Fsp3) is 0.412. The molecule has 0 radical (unpaired) electrons. The molecule has 25 heavy (non-hydrogen) atoms. The van der Waals surface area contributed by atoms with Crippen LogP contribution < -0.4 is 10.2 Å². The Morgan fingerprint density at radius 2 is 1.88 bits per heavy atom. The molecule has 2 rings (SSSR count). The molecule has 0 fully saturated rings. The van der Waals surface area contributed by atoms with Gasteiger partial charge in [0, 0.05) is 13.7 Å². The van der Waals surface area contributed by atoms with E-state index in [0.29, 0.717) is 18.8 Å². The summed E-state index contributed by atoms with van der Waals surface area (Å²) in [6, 6.07) is 7.39. The summed E-state index contributed by atoms with van der Waals surface area (Å²) < 4.78 is 20.2. The highest BCUT2D eigenvalue weighted by molar-refractivity contribution is 6.04. The van der Waals surface area contributed by atoms with Crippen molar-refractivity contribution in [3.8, 4) is 0 Å². The van der Waals surface area contributed by atoms with Crippen LogP contribution in [0.5, 0.6) is 0 Å². The third-order valence-corrected chi connectivity index (χ3v) is 3.65. The zero-order valence-electron chi connectivity index (χ0n) is 14.5. The van der Waals surface area contributed by atoms with Gasteiger partial charge in [-0.05, 0) is 12.1 Å². The van der Waals surface area contributed by atoms with Crippen LogP contribution in [0, 0.1) is 0 Å². The lowest BCUT2D eigenvalue weighted by molar-refractivity contribution is -0.140. The molecule has 0 amide bonds. The number of anilines is 2. The average Bonchev–Trinajstić information content (AvgIpc) is 2.66. The Bertz CT molecular complexity index is 658. The highest BCUT2D eigenvalue weighted by Crippen LogP contribution is 2.32. The van der Waals surface area contributed by atoms with Gasteiger partial charge >= 0.3 is 11.9 Å².